The second kappa shape index (κ2) is 10.4. The van der Waals surface area contributed by atoms with Crippen molar-refractivity contribution in [2.45, 2.75) is 46.0 Å². The lowest BCUT2D eigenvalue weighted by atomic mass is 10.0. The van der Waals surface area contributed by atoms with E-state index in [1.54, 1.807) is 42.8 Å². The largest absolute Gasteiger partial charge is 0.496 e. The number of non-ortho nitro benzene ring substituents is 1. The molecule has 204 valence electrons. The van der Waals surface area contributed by atoms with E-state index in [9.17, 15) is 28.1 Å². The fraction of sp³-hybridized carbons (Fsp3) is 0.296. The monoisotopic (exact) mass is 541 g/mol. The average Bonchev–Trinajstić information content (AvgIpc) is 2.87. The van der Waals surface area contributed by atoms with E-state index in [1.807, 2.05) is 13.8 Å². The first kappa shape index (κ1) is 27.6. The Bertz CT molecular complexity index is 1630. The molecule has 2 heterocycles. The predicted octanol–water partition coefficient (Wildman–Crippen LogP) is 6.46. The van der Waals surface area contributed by atoms with E-state index in [1.165, 1.54) is 13.2 Å². The molecule has 9 nitrogen and oxygen atoms in total. The summed E-state index contributed by atoms with van der Waals surface area (Å²) in [5, 5.41) is 15.0. The van der Waals surface area contributed by atoms with Crippen molar-refractivity contribution in [1.29, 1.82) is 0 Å². The Balaban J connectivity index is 1.85. The summed E-state index contributed by atoms with van der Waals surface area (Å²) in [6.45, 7) is 7.04. The van der Waals surface area contributed by atoms with Gasteiger partial charge in [-0.15, -0.1) is 0 Å². The number of benzene rings is 2. The minimum atomic E-state index is -4.75. The van der Waals surface area contributed by atoms with Crippen LogP contribution in [0.1, 0.15) is 49.8 Å². The first-order chi connectivity index (χ1) is 18.3. The zero-order valence-electron chi connectivity index (χ0n) is 21.8. The van der Waals surface area contributed by atoms with Gasteiger partial charge in [0, 0.05) is 53.0 Å². The Morgan fingerprint density at radius 2 is 1.79 bits per heavy atom. The van der Waals surface area contributed by atoms with Crippen molar-refractivity contribution in [3.05, 3.63) is 86.1 Å². The van der Waals surface area contributed by atoms with Crippen molar-refractivity contribution >= 4 is 22.4 Å². The summed E-state index contributed by atoms with van der Waals surface area (Å²) >= 11 is 0. The number of nitro groups is 1. The van der Waals surface area contributed by atoms with E-state index in [-0.39, 0.29) is 17.2 Å². The van der Waals surface area contributed by atoms with Gasteiger partial charge in [0.05, 0.1) is 29.2 Å². The van der Waals surface area contributed by atoms with Gasteiger partial charge < -0.3 is 14.6 Å². The highest BCUT2D eigenvalue weighted by atomic mass is 19.4. The van der Waals surface area contributed by atoms with E-state index in [0.717, 1.165) is 12.1 Å². The molecule has 12 heteroatoms. The molecular weight excluding hydrogens is 515 g/mol. The molecule has 0 unspecified atom stereocenters. The highest BCUT2D eigenvalue weighted by molar-refractivity contribution is 5.95. The Morgan fingerprint density at radius 3 is 2.41 bits per heavy atom. The van der Waals surface area contributed by atoms with Crippen molar-refractivity contribution in [3.63, 3.8) is 0 Å². The molecule has 0 saturated carbocycles. The number of aryl methyl sites for hydroxylation is 1. The average molecular weight is 542 g/mol. The van der Waals surface area contributed by atoms with E-state index in [0.29, 0.717) is 45.5 Å². The third kappa shape index (κ3) is 5.69. The number of nitrogens with zero attached hydrogens (tertiary/aromatic N) is 4. The molecule has 0 spiro atoms. The smallest absolute Gasteiger partial charge is 0.416 e. The van der Waals surface area contributed by atoms with Gasteiger partial charge in [-0.2, -0.15) is 13.2 Å². The predicted molar refractivity (Wildman–Crippen MR) is 141 cm³/mol. The standard InChI is InChI=1S/C27H26F3N5O4/c1-14(2)34-13-17(6-7-25(34)36)21-11-22-23(12-24(21)39-5)32-16(4)33-26(22)31-15(3)18-8-19(27(28,29)30)10-20(9-18)35(37)38/h6-15H,1-5H3,(H,31,32,33)/t15-/m1/s1. The molecule has 0 aliphatic heterocycles. The summed E-state index contributed by atoms with van der Waals surface area (Å²) in [7, 11) is 1.51. The van der Waals surface area contributed by atoms with Gasteiger partial charge in [-0.1, -0.05) is 0 Å². The van der Waals surface area contributed by atoms with Crippen LogP contribution in [-0.4, -0.2) is 26.6 Å². The molecule has 1 atom stereocenters. The third-order valence-electron chi connectivity index (χ3n) is 6.27. The molecule has 2 aromatic heterocycles. The van der Waals surface area contributed by atoms with Crippen molar-refractivity contribution in [1.82, 2.24) is 14.5 Å². The maximum atomic E-state index is 13.4. The van der Waals surface area contributed by atoms with Crippen LogP contribution < -0.4 is 15.6 Å². The molecule has 4 rings (SSSR count). The van der Waals surface area contributed by atoms with E-state index >= 15 is 0 Å². The Hall–Kier alpha value is -4.48. The number of anilines is 1. The lowest BCUT2D eigenvalue weighted by molar-refractivity contribution is -0.385. The van der Waals surface area contributed by atoms with Gasteiger partial charge in [0.15, 0.2) is 0 Å². The number of rotatable bonds is 7. The highest BCUT2D eigenvalue weighted by Crippen LogP contribution is 2.38. The van der Waals surface area contributed by atoms with Crippen LogP contribution >= 0.6 is 0 Å². The lowest BCUT2D eigenvalue weighted by Crippen LogP contribution is -2.20. The first-order valence-corrected chi connectivity index (χ1v) is 12.0. The summed E-state index contributed by atoms with van der Waals surface area (Å²) in [5.41, 5.74) is 0.00998. The number of hydrogen-bond donors (Lipinski definition) is 1. The number of methoxy groups -OCH3 is 1. The fourth-order valence-corrected chi connectivity index (χ4v) is 4.29. The van der Waals surface area contributed by atoms with Gasteiger partial charge in [0.2, 0.25) is 0 Å². The van der Waals surface area contributed by atoms with E-state index in [2.05, 4.69) is 15.3 Å². The number of ether oxygens (including phenoxy) is 1. The van der Waals surface area contributed by atoms with E-state index < -0.39 is 28.4 Å². The molecule has 0 saturated heterocycles. The lowest BCUT2D eigenvalue weighted by Gasteiger charge is -2.19. The van der Waals surface area contributed by atoms with Crippen molar-refractivity contribution in [2.24, 2.45) is 0 Å². The Kier molecular flexibility index (Phi) is 7.31. The van der Waals surface area contributed by atoms with Crippen molar-refractivity contribution in [2.75, 3.05) is 12.4 Å². The first-order valence-electron chi connectivity index (χ1n) is 12.0. The van der Waals surface area contributed by atoms with Gasteiger partial charge in [0.25, 0.3) is 11.2 Å². The van der Waals surface area contributed by atoms with E-state index in [4.69, 9.17) is 4.74 Å². The maximum Gasteiger partial charge on any atom is 0.416 e. The summed E-state index contributed by atoms with van der Waals surface area (Å²) in [6, 6.07) is 8.27. The normalized spacial score (nSPS) is 12.5. The molecule has 39 heavy (non-hydrogen) atoms. The molecule has 0 amide bonds. The molecule has 0 radical (unpaired) electrons. The number of fused-ring (bicyclic) bond motifs is 1. The van der Waals surface area contributed by atoms with Crippen LogP contribution in [0.25, 0.3) is 22.0 Å². The quantitative estimate of drug-likeness (QED) is 0.211. The van der Waals surface area contributed by atoms with Crippen molar-refractivity contribution < 1.29 is 22.8 Å². The Labute approximate surface area is 221 Å². The van der Waals surface area contributed by atoms with Crippen molar-refractivity contribution in [3.8, 4) is 16.9 Å². The molecule has 1 N–H and O–H groups in total. The number of nitrogens with one attached hydrogen (secondary N) is 1. The van der Waals surface area contributed by atoms with Crippen LogP contribution in [0.2, 0.25) is 0 Å². The van der Waals surface area contributed by atoms with Gasteiger partial charge >= 0.3 is 6.18 Å². The molecular formula is C27H26F3N5O4. The van der Waals surface area contributed by atoms with Gasteiger partial charge in [0.1, 0.15) is 17.4 Å². The summed E-state index contributed by atoms with van der Waals surface area (Å²) in [6.07, 6.45) is -3.03. The molecule has 0 aliphatic rings. The van der Waals surface area contributed by atoms with Crippen LogP contribution in [0, 0.1) is 17.0 Å². The number of alkyl halides is 3. The summed E-state index contributed by atoms with van der Waals surface area (Å²) in [4.78, 5) is 31.7. The minimum absolute atomic E-state index is 0.0682. The highest BCUT2D eigenvalue weighted by Gasteiger charge is 2.33. The van der Waals surface area contributed by atoms with Crippen LogP contribution in [0.4, 0.5) is 24.7 Å². The maximum absolute atomic E-state index is 13.4. The van der Waals surface area contributed by atoms with Crippen LogP contribution in [0.5, 0.6) is 5.75 Å². The molecule has 0 aliphatic carbocycles. The number of nitro benzene ring substituents is 1. The molecule has 0 fully saturated rings. The van der Waals surface area contributed by atoms with Gasteiger partial charge in [-0.3, -0.25) is 14.9 Å². The van der Waals surface area contributed by atoms with Crippen LogP contribution in [0.15, 0.2) is 53.5 Å². The minimum Gasteiger partial charge on any atom is -0.496 e. The number of hydrogen-bond acceptors (Lipinski definition) is 7. The summed E-state index contributed by atoms with van der Waals surface area (Å²) in [5.74, 6) is 1.23. The second-order valence-corrected chi connectivity index (χ2v) is 9.38. The number of pyridine rings is 1. The second-order valence-electron chi connectivity index (χ2n) is 9.38. The van der Waals surface area contributed by atoms with Gasteiger partial charge in [-0.25, -0.2) is 9.97 Å². The fourth-order valence-electron chi connectivity index (χ4n) is 4.29. The van der Waals surface area contributed by atoms with Gasteiger partial charge in [-0.05, 0) is 51.5 Å². The zero-order chi connectivity index (χ0) is 28.6. The SMILES string of the molecule is COc1cc2nc(C)nc(N[C@H](C)c3cc([N+](=O)[O-])cc(C(F)(F)F)c3)c2cc1-c1ccc(=O)n(C(C)C)c1. The van der Waals surface area contributed by atoms with Crippen LogP contribution in [-0.2, 0) is 6.18 Å². The molecule has 4 aromatic rings. The number of halogens is 3. The summed E-state index contributed by atoms with van der Waals surface area (Å²) < 4.78 is 47.5. The topological polar surface area (TPSA) is 112 Å². The van der Waals surface area contributed by atoms with Crippen LogP contribution in [0.3, 0.4) is 0 Å². The molecule has 2 aromatic carbocycles. The Morgan fingerprint density at radius 1 is 1.08 bits per heavy atom. The molecule has 0 bridgehead atoms. The number of aromatic nitrogens is 3. The third-order valence-corrected chi connectivity index (χ3v) is 6.27. The zero-order valence-corrected chi connectivity index (χ0v) is 21.8.